The predicted molar refractivity (Wildman–Crippen MR) is 125 cm³/mol. The highest BCUT2D eigenvalue weighted by atomic mass is 32.2. The Kier molecular flexibility index (Phi) is 15.1. The number of allylic oxidation sites excluding steroid dienone is 1. The Balaban J connectivity index is 2.79. The van der Waals surface area contributed by atoms with Gasteiger partial charge in [-0.2, -0.15) is 0 Å². The monoisotopic (exact) mass is 470 g/mol. The second kappa shape index (κ2) is 16.9. The third-order valence-corrected chi connectivity index (χ3v) is 6.54. The SMILES string of the molecule is C=C/C(SOOO)=C(\C(=C)C(=O)OCCC1CCCCC1)C(=O)OCCC(CC)CCC. The van der Waals surface area contributed by atoms with Gasteiger partial charge in [-0.25, -0.2) is 14.8 Å². The van der Waals surface area contributed by atoms with E-state index in [9.17, 15) is 9.59 Å². The lowest BCUT2D eigenvalue weighted by atomic mass is 9.87. The molecule has 8 heteroatoms. The number of ether oxygens (including phenoxy) is 2. The Morgan fingerprint density at radius 2 is 1.78 bits per heavy atom. The van der Waals surface area contributed by atoms with Crippen molar-refractivity contribution < 1.29 is 33.7 Å². The van der Waals surface area contributed by atoms with Crippen LogP contribution in [0.1, 0.15) is 78.1 Å². The number of rotatable bonds is 16. The molecule has 0 aromatic heterocycles. The molecule has 0 spiro atoms. The van der Waals surface area contributed by atoms with Crippen molar-refractivity contribution in [2.45, 2.75) is 78.1 Å². The van der Waals surface area contributed by atoms with Crippen molar-refractivity contribution >= 4 is 24.0 Å². The Hall–Kier alpha value is -1.61. The molecule has 1 atom stereocenters. The third-order valence-electron chi connectivity index (χ3n) is 5.86. The van der Waals surface area contributed by atoms with E-state index >= 15 is 0 Å². The summed E-state index contributed by atoms with van der Waals surface area (Å²) in [5.41, 5.74) is -0.267. The molecule has 0 aliphatic heterocycles. The van der Waals surface area contributed by atoms with Crippen molar-refractivity contribution in [3.8, 4) is 0 Å². The number of carbonyl (C=O) groups is 2. The first-order valence-electron chi connectivity index (χ1n) is 11.5. The lowest BCUT2D eigenvalue weighted by Gasteiger charge is -2.21. The zero-order valence-electron chi connectivity index (χ0n) is 19.4. The van der Waals surface area contributed by atoms with Gasteiger partial charge in [0.25, 0.3) is 0 Å². The van der Waals surface area contributed by atoms with E-state index in [-0.39, 0.29) is 29.3 Å². The molecule has 0 radical (unpaired) electrons. The van der Waals surface area contributed by atoms with Crippen LogP contribution in [0.4, 0.5) is 0 Å². The topological polar surface area (TPSA) is 91.3 Å². The molecule has 0 bridgehead atoms. The van der Waals surface area contributed by atoms with E-state index in [0.717, 1.165) is 44.9 Å². The molecule has 0 aromatic carbocycles. The second-order valence-corrected chi connectivity index (χ2v) is 8.81. The van der Waals surface area contributed by atoms with Gasteiger partial charge in [-0.05, 0) is 24.7 Å². The summed E-state index contributed by atoms with van der Waals surface area (Å²) in [6, 6.07) is 0. The first-order valence-corrected chi connectivity index (χ1v) is 12.3. The van der Waals surface area contributed by atoms with Crippen LogP contribution in [0.15, 0.2) is 35.3 Å². The average molecular weight is 471 g/mol. The summed E-state index contributed by atoms with van der Waals surface area (Å²) in [5, 5.41) is 12.1. The van der Waals surface area contributed by atoms with Gasteiger partial charge in [0, 0.05) is 0 Å². The molecular weight excluding hydrogens is 432 g/mol. The number of carbonyl (C=O) groups excluding carboxylic acids is 2. The molecule has 0 amide bonds. The van der Waals surface area contributed by atoms with Crippen LogP contribution in [0.5, 0.6) is 0 Å². The van der Waals surface area contributed by atoms with Gasteiger partial charge in [0.15, 0.2) is 0 Å². The zero-order chi connectivity index (χ0) is 23.8. The molecule has 32 heavy (non-hydrogen) atoms. The summed E-state index contributed by atoms with van der Waals surface area (Å²) >= 11 is 0.523. The first kappa shape index (κ1) is 28.4. The van der Waals surface area contributed by atoms with Gasteiger partial charge in [-0.3, -0.25) is 0 Å². The molecule has 1 aliphatic carbocycles. The van der Waals surface area contributed by atoms with Crippen LogP contribution < -0.4 is 0 Å². The third kappa shape index (κ3) is 10.3. The van der Waals surface area contributed by atoms with Gasteiger partial charge in [-0.15, -0.1) is 4.33 Å². The Labute approximate surface area is 196 Å². The maximum absolute atomic E-state index is 12.8. The molecule has 1 N–H and O–H groups in total. The second-order valence-electron chi connectivity index (χ2n) is 8.06. The van der Waals surface area contributed by atoms with Gasteiger partial charge < -0.3 is 9.47 Å². The van der Waals surface area contributed by atoms with E-state index < -0.39 is 11.9 Å². The molecule has 0 heterocycles. The Bertz CT molecular complexity index is 638. The minimum Gasteiger partial charge on any atom is -0.462 e. The summed E-state index contributed by atoms with van der Waals surface area (Å²) in [7, 11) is 0. The van der Waals surface area contributed by atoms with Gasteiger partial charge in [0.1, 0.15) is 0 Å². The van der Waals surface area contributed by atoms with Crippen LogP contribution in [0.25, 0.3) is 0 Å². The molecule has 1 aliphatic rings. The standard InChI is InChI=1S/C24H38O7S/c1-5-11-19(6-2)14-16-29-24(26)22(21(7-3)32-31-30-27)18(4)23(25)28-17-15-20-12-9-8-10-13-20/h7,19-20,27H,3-6,8-17H2,1-2H3/b22-21-. The van der Waals surface area contributed by atoms with E-state index in [4.69, 9.17) is 14.7 Å². The maximum atomic E-state index is 12.8. The lowest BCUT2D eigenvalue weighted by molar-refractivity contribution is -0.431. The van der Waals surface area contributed by atoms with E-state index in [1.165, 1.54) is 25.3 Å². The van der Waals surface area contributed by atoms with Crippen LogP contribution in [0.3, 0.4) is 0 Å². The van der Waals surface area contributed by atoms with E-state index in [0.29, 0.717) is 23.9 Å². The molecule has 1 fully saturated rings. The highest BCUT2D eigenvalue weighted by molar-refractivity contribution is 7.98. The van der Waals surface area contributed by atoms with Crippen molar-refractivity contribution in [1.29, 1.82) is 0 Å². The summed E-state index contributed by atoms with van der Waals surface area (Å²) in [6.07, 6.45) is 12.0. The smallest absolute Gasteiger partial charge is 0.340 e. The largest absolute Gasteiger partial charge is 0.462 e. The van der Waals surface area contributed by atoms with Crippen LogP contribution in [0.2, 0.25) is 0 Å². The highest BCUT2D eigenvalue weighted by Crippen LogP contribution is 2.29. The summed E-state index contributed by atoms with van der Waals surface area (Å²) < 4.78 is 15.3. The predicted octanol–water partition coefficient (Wildman–Crippen LogP) is 6.33. The summed E-state index contributed by atoms with van der Waals surface area (Å²) in [4.78, 5) is 25.6. The van der Waals surface area contributed by atoms with Crippen molar-refractivity contribution in [2.24, 2.45) is 11.8 Å². The van der Waals surface area contributed by atoms with Gasteiger partial charge in [-0.1, -0.05) is 89.5 Å². The molecule has 0 saturated heterocycles. The minimum absolute atomic E-state index is 0.117. The Morgan fingerprint density at radius 1 is 1.09 bits per heavy atom. The van der Waals surface area contributed by atoms with E-state index in [1.807, 2.05) is 0 Å². The quantitative estimate of drug-likeness (QED) is 0.0699. The molecule has 182 valence electrons. The van der Waals surface area contributed by atoms with E-state index in [2.05, 4.69) is 36.4 Å². The molecular formula is C24H38O7S. The number of hydrogen-bond acceptors (Lipinski definition) is 8. The van der Waals surface area contributed by atoms with Gasteiger partial charge in [0.05, 0.1) is 41.3 Å². The van der Waals surface area contributed by atoms with Crippen molar-refractivity contribution in [3.63, 3.8) is 0 Å². The fourth-order valence-electron chi connectivity index (χ4n) is 3.94. The molecule has 0 aromatic rings. The summed E-state index contributed by atoms with van der Waals surface area (Å²) in [6.45, 7) is 12.1. The first-order chi connectivity index (χ1) is 15.5. The van der Waals surface area contributed by atoms with E-state index in [1.54, 1.807) is 0 Å². The van der Waals surface area contributed by atoms with Crippen LogP contribution in [-0.2, 0) is 28.4 Å². The van der Waals surface area contributed by atoms with Crippen LogP contribution in [0, 0.1) is 11.8 Å². The Morgan fingerprint density at radius 3 is 2.38 bits per heavy atom. The summed E-state index contributed by atoms with van der Waals surface area (Å²) in [5.74, 6) is -0.397. The van der Waals surface area contributed by atoms with Crippen LogP contribution >= 0.6 is 12.0 Å². The van der Waals surface area contributed by atoms with Crippen molar-refractivity contribution in [2.75, 3.05) is 13.2 Å². The molecule has 1 rings (SSSR count). The lowest BCUT2D eigenvalue weighted by Crippen LogP contribution is -2.20. The fraction of sp³-hybridized carbons (Fsp3) is 0.667. The minimum atomic E-state index is -0.727. The zero-order valence-corrected chi connectivity index (χ0v) is 20.3. The maximum Gasteiger partial charge on any atom is 0.340 e. The molecule has 1 unspecified atom stereocenters. The van der Waals surface area contributed by atoms with Gasteiger partial charge in [0.2, 0.25) is 0 Å². The highest BCUT2D eigenvalue weighted by Gasteiger charge is 2.26. The average Bonchev–Trinajstić information content (AvgIpc) is 2.81. The number of hydrogen-bond donors (Lipinski definition) is 1. The fourth-order valence-corrected chi connectivity index (χ4v) is 4.40. The number of esters is 2. The molecule has 1 saturated carbocycles. The normalized spacial score (nSPS) is 16.1. The van der Waals surface area contributed by atoms with Crippen LogP contribution in [-0.4, -0.2) is 30.4 Å². The molecule has 7 nitrogen and oxygen atoms in total. The van der Waals surface area contributed by atoms with Crippen molar-refractivity contribution in [3.05, 3.63) is 35.3 Å². The van der Waals surface area contributed by atoms with Gasteiger partial charge >= 0.3 is 11.9 Å². The van der Waals surface area contributed by atoms with Crippen molar-refractivity contribution in [1.82, 2.24) is 0 Å².